The molecule has 0 aromatic carbocycles. The first kappa shape index (κ1) is 12.9. The third-order valence-electron chi connectivity index (χ3n) is 2.25. The molecule has 13 heavy (non-hydrogen) atoms. The Morgan fingerprint density at radius 3 is 1.69 bits per heavy atom. The Morgan fingerprint density at radius 1 is 1.00 bits per heavy atom. The highest BCUT2D eigenvalue weighted by Gasteiger charge is 2.38. The van der Waals surface area contributed by atoms with Crippen molar-refractivity contribution in [2.45, 2.75) is 40.7 Å². The molecule has 0 spiro atoms. The summed E-state index contributed by atoms with van der Waals surface area (Å²) >= 11 is 0. The summed E-state index contributed by atoms with van der Waals surface area (Å²) < 4.78 is 10.8. The molecule has 1 atom stereocenters. The Bertz CT molecular complexity index is 145. The average molecular weight is 188 g/mol. The Kier molecular flexibility index (Phi) is 4.40. The van der Waals surface area contributed by atoms with E-state index >= 15 is 0 Å². The average Bonchev–Trinajstić information content (AvgIpc) is 1.83. The Labute approximate surface area is 82.6 Å². The van der Waals surface area contributed by atoms with Crippen LogP contribution in [0.3, 0.4) is 0 Å². The van der Waals surface area contributed by atoms with Gasteiger partial charge in [0.05, 0.1) is 12.7 Å². The maximum Gasteiger partial charge on any atom is 0.0692 e. The second-order valence-corrected chi connectivity index (χ2v) is 5.40. The van der Waals surface area contributed by atoms with E-state index in [0.717, 1.165) is 6.61 Å². The normalized spacial score (nSPS) is 15.9. The molecule has 0 aromatic heterocycles. The van der Waals surface area contributed by atoms with Gasteiger partial charge in [-0.05, 0) is 5.41 Å². The van der Waals surface area contributed by atoms with Gasteiger partial charge in [-0.1, -0.05) is 34.6 Å². The Balaban J connectivity index is 4.56. The lowest BCUT2D eigenvalue weighted by Crippen LogP contribution is -2.44. The van der Waals surface area contributed by atoms with Crippen LogP contribution in [0, 0.1) is 10.8 Å². The molecule has 0 aliphatic rings. The first-order valence-corrected chi connectivity index (χ1v) is 4.77. The fourth-order valence-electron chi connectivity index (χ4n) is 2.29. The summed E-state index contributed by atoms with van der Waals surface area (Å²) in [4.78, 5) is 0. The van der Waals surface area contributed by atoms with Crippen molar-refractivity contribution < 1.29 is 9.47 Å². The van der Waals surface area contributed by atoms with E-state index in [9.17, 15) is 0 Å². The van der Waals surface area contributed by atoms with E-state index in [1.807, 2.05) is 0 Å². The zero-order valence-corrected chi connectivity index (χ0v) is 10.1. The van der Waals surface area contributed by atoms with Gasteiger partial charge in [-0.2, -0.15) is 0 Å². The van der Waals surface area contributed by atoms with Gasteiger partial charge in [0.25, 0.3) is 0 Å². The van der Waals surface area contributed by atoms with E-state index < -0.39 is 0 Å². The van der Waals surface area contributed by atoms with Crippen molar-refractivity contribution in [2.24, 2.45) is 10.8 Å². The van der Waals surface area contributed by atoms with Crippen LogP contribution in [0.15, 0.2) is 0 Å². The van der Waals surface area contributed by atoms with Crippen LogP contribution in [0.1, 0.15) is 34.6 Å². The van der Waals surface area contributed by atoms with E-state index in [-0.39, 0.29) is 16.9 Å². The molecule has 0 aliphatic carbocycles. The molecule has 0 saturated carbocycles. The molecule has 2 heteroatoms. The van der Waals surface area contributed by atoms with Crippen LogP contribution in [0.25, 0.3) is 0 Å². The molecule has 0 amide bonds. The van der Waals surface area contributed by atoms with E-state index in [2.05, 4.69) is 34.6 Å². The van der Waals surface area contributed by atoms with Gasteiger partial charge in [0.15, 0.2) is 0 Å². The third-order valence-corrected chi connectivity index (χ3v) is 2.25. The van der Waals surface area contributed by atoms with Gasteiger partial charge in [0.2, 0.25) is 0 Å². The van der Waals surface area contributed by atoms with Crippen LogP contribution < -0.4 is 0 Å². The molecular weight excluding hydrogens is 164 g/mol. The number of methoxy groups -OCH3 is 2. The van der Waals surface area contributed by atoms with Gasteiger partial charge in [0, 0.05) is 19.6 Å². The maximum absolute atomic E-state index is 5.55. The molecule has 0 saturated heterocycles. The van der Waals surface area contributed by atoms with Gasteiger partial charge >= 0.3 is 0 Å². The van der Waals surface area contributed by atoms with Gasteiger partial charge in [-0.25, -0.2) is 0 Å². The smallest absolute Gasteiger partial charge is 0.0692 e. The van der Waals surface area contributed by atoms with Gasteiger partial charge < -0.3 is 9.47 Å². The lowest BCUT2D eigenvalue weighted by molar-refractivity contribution is -0.0898. The predicted molar refractivity (Wildman–Crippen MR) is 55.9 cm³/mol. The SMILES string of the molecule is COCC(C)(C)[C@H](OC)C(C)(C)C. The monoisotopic (exact) mass is 188 g/mol. The van der Waals surface area contributed by atoms with Crippen molar-refractivity contribution in [2.75, 3.05) is 20.8 Å². The summed E-state index contributed by atoms with van der Waals surface area (Å²) in [6.07, 6.45) is 0.208. The minimum atomic E-state index is 0.0573. The largest absolute Gasteiger partial charge is 0.384 e. The zero-order valence-electron chi connectivity index (χ0n) is 10.1. The lowest BCUT2D eigenvalue weighted by atomic mass is 9.73. The molecule has 0 fully saturated rings. The first-order valence-electron chi connectivity index (χ1n) is 4.77. The van der Waals surface area contributed by atoms with Crippen LogP contribution in [-0.2, 0) is 9.47 Å². The summed E-state index contributed by atoms with van der Waals surface area (Å²) in [6, 6.07) is 0. The highest BCUT2D eigenvalue weighted by Crippen LogP contribution is 2.36. The van der Waals surface area contributed by atoms with Crippen LogP contribution in [0.4, 0.5) is 0 Å². The number of rotatable bonds is 4. The minimum Gasteiger partial charge on any atom is -0.384 e. The summed E-state index contributed by atoms with van der Waals surface area (Å²) in [5.74, 6) is 0. The molecule has 0 heterocycles. The second kappa shape index (κ2) is 4.43. The molecule has 0 unspecified atom stereocenters. The highest BCUT2D eigenvalue weighted by atomic mass is 16.5. The highest BCUT2D eigenvalue weighted by molar-refractivity contribution is 4.87. The third kappa shape index (κ3) is 3.65. The summed E-state index contributed by atoms with van der Waals surface area (Å²) in [5.41, 5.74) is 0.207. The number of hydrogen-bond donors (Lipinski definition) is 0. The molecule has 80 valence electrons. The predicted octanol–water partition coefficient (Wildman–Crippen LogP) is 2.72. The zero-order chi connectivity index (χ0) is 10.7. The fourth-order valence-corrected chi connectivity index (χ4v) is 2.29. The van der Waals surface area contributed by atoms with Crippen LogP contribution >= 0.6 is 0 Å². The van der Waals surface area contributed by atoms with Crippen LogP contribution in [-0.4, -0.2) is 26.9 Å². The molecule has 0 aliphatic heterocycles. The van der Waals surface area contributed by atoms with Crippen molar-refractivity contribution in [1.82, 2.24) is 0 Å². The topological polar surface area (TPSA) is 18.5 Å². The van der Waals surface area contributed by atoms with Crippen molar-refractivity contribution >= 4 is 0 Å². The van der Waals surface area contributed by atoms with Gasteiger partial charge in [-0.15, -0.1) is 0 Å². The van der Waals surface area contributed by atoms with Gasteiger partial charge in [-0.3, -0.25) is 0 Å². The van der Waals surface area contributed by atoms with Crippen molar-refractivity contribution in [3.63, 3.8) is 0 Å². The first-order chi connectivity index (χ1) is 5.75. The molecule has 0 radical (unpaired) electrons. The Hall–Kier alpha value is -0.0800. The molecule has 0 N–H and O–H groups in total. The molecule has 2 nitrogen and oxygen atoms in total. The Morgan fingerprint density at radius 2 is 1.46 bits per heavy atom. The van der Waals surface area contributed by atoms with Crippen molar-refractivity contribution in [3.8, 4) is 0 Å². The standard InChI is InChI=1S/C11H24O2/c1-10(2,3)9(13-7)11(4,5)8-12-6/h9H,8H2,1-7H3/t9-/m1/s1. The summed E-state index contributed by atoms with van der Waals surface area (Å²) in [7, 11) is 3.50. The lowest BCUT2D eigenvalue weighted by Gasteiger charge is -2.41. The quantitative estimate of drug-likeness (QED) is 0.675. The summed E-state index contributed by atoms with van der Waals surface area (Å²) in [6.45, 7) is 11.7. The second-order valence-electron chi connectivity index (χ2n) is 5.40. The fraction of sp³-hybridized carbons (Fsp3) is 1.00. The number of hydrogen-bond acceptors (Lipinski definition) is 2. The minimum absolute atomic E-state index is 0.0573. The van der Waals surface area contributed by atoms with Crippen molar-refractivity contribution in [3.05, 3.63) is 0 Å². The van der Waals surface area contributed by atoms with Crippen molar-refractivity contribution in [1.29, 1.82) is 0 Å². The van der Waals surface area contributed by atoms with Crippen LogP contribution in [0.5, 0.6) is 0 Å². The van der Waals surface area contributed by atoms with E-state index in [1.165, 1.54) is 0 Å². The van der Waals surface area contributed by atoms with E-state index in [4.69, 9.17) is 9.47 Å². The van der Waals surface area contributed by atoms with E-state index in [0.29, 0.717) is 0 Å². The van der Waals surface area contributed by atoms with E-state index in [1.54, 1.807) is 14.2 Å². The van der Waals surface area contributed by atoms with Gasteiger partial charge in [0.1, 0.15) is 0 Å². The molecular formula is C11H24O2. The van der Waals surface area contributed by atoms with Crippen LogP contribution in [0.2, 0.25) is 0 Å². The number of ether oxygens (including phenoxy) is 2. The maximum atomic E-state index is 5.55. The summed E-state index contributed by atoms with van der Waals surface area (Å²) in [5, 5.41) is 0. The molecule has 0 rings (SSSR count). The molecule has 0 aromatic rings. The molecule has 0 bridgehead atoms.